The highest BCUT2D eigenvalue weighted by atomic mass is 19.1. The fraction of sp³-hybridized carbons (Fsp3) is 0.647. The van der Waals surface area contributed by atoms with E-state index in [2.05, 4.69) is 13.8 Å². The Morgan fingerprint density at radius 3 is 2.29 bits per heavy atom. The van der Waals surface area contributed by atoms with E-state index in [1.165, 1.54) is 12.1 Å². The normalized spacial score (nSPS) is 21.8. The molecule has 1 aromatic carbocycles. The molecule has 0 amide bonds. The molecule has 0 radical (unpaired) electrons. The van der Waals surface area contributed by atoms with Gasteiger partial charge in [0, 0.05) is 12.7 Å². The average Bonchev–Trinajstić information content (AvgIpc) is 2.47. The lowest BCUT2D eigenvalue weighted by Crippen LogP contribution is -2.47. The SMILES string of the molecule is COc1ccc(F)cc1C(N)C1(OC)CCC(C)(C)CC1. The van der Waals surface area contributed by atoms with Crippen LogP contribution in [0.25, 0.3) is 0 Å². The molecule has 4 heteroatoms. The maximum Gasteiger partial charge on any atom is 0.123 e. The third kappa shape index (κ3) is 3.22. The molecule has 1 fully saturated rings. The van der Waals surface area contributed by atoms with Crippen molar-refractivity contribution in [3.05, 3.63) is 29.6 Å². The molecule has 1 aromatic rings. The molecule has 2 N–H and O–H groups in total. The Bertz CT molecular complexity index is 492. The number of ether oxygens (including phenoxy) is 2. The second kappa shape index (κ2) is 5.93. The number of nitrogens with two attached hydrogens (primary N) is 1. The number of methoxy groups -OCH3 is 2. The van der Waals surface area contributed by atoms with Crippen LogP contribution in [0, 0.1) is 11.2 Å². The van der Waals surface area contributed by atoms with Gasteiger partial charge in [-0.1, -0.05) is 13.8 Å². The Hall–Kier alpha value is -1.13. The molecule has 1 aliphatic rings. The van der Waals surface area contributed by atoms with Crippen molar-refractivity contribution < 1.29 is 13.9 Å². The molecule has 0 heterocycles. The second-order valence-corrected chi connectivity index (χ2v) is 6.80. The summed E-state index contributed by atoms with van der Waals surface area (Å²) >= 11 is 0. The number of rotatable bonds is 4. The van der Waals surface area contributed by atoms with Gasteiger partial charge in [0.1, 0.15) is 11.6 Å². The van der Waals surface area contributed by atoms with E-state index in [0.29, 0.717) is 16.7 Å². The molecule has 0 aromatic heterocycles. The smallest absolute Gasteiger partial charge is 0.123 e. The Morgan fingerprint density at radius 1 is 1.14 bits per heavy atom. The monoisotopic (exact) mass is 295 g/mol. The Labute approximate surface area is 126 Å². The molecule has 3 nitrogen and oxygen atoms in total. The summed E-state index contributed by atoms with van der Waals surface area (Å²) in [6, 6.07) is 4.08. The van der Waals surface area contributed by atoms with Crippen LogP contribution in [0.2, 0.25) is 0 Å². The lowest BCUT2D eigenvalue weighted by molar-refractivity contribution is -0.0797. The maximum absolute atomic E-state index is 13.6. The highest BCUT2D eigenvalue weighted by Crippen LogP contribution is 2.47. The van der Waals surface area contributed by atoms with Gasteiger partial charge in [-0.2, -0.15) is 0 Å². The first kappa shape index (κ1) is 16.2. The van der Waals surface area contributed by atoms with Crippen molar-refractivity contribution in [2.45, 2.75) is 51.2 Å². The highest BCUT2D eigenvalue weighted by Gasteiger charge is 2.44. The van der Waals surface area contributed by atoms with Crippen LogP contribution >= 0.6 is 0 Å². The summed E-state index contributed by atoms with van der Waals surface area (Å²) in [5.74, 6) is 0.314. The molecule has 0 spiro atoms. The Kier molecular flexibility index (Phi) is 4.59. The van der Waals surface area contributed by atoms with Crippen molar-refractivity contribution in [2.24, 2.45) is 11.1 Å². The highest BCUT2D eigenvalue weighted by molar-refractivity contribution is 5.38. The summed E-state index contributed by atoms with van der Waals surface area (Å²) < 4.78 is 24.8. The molecule has 0 aliphatic heterocycles. The zero-order chi connectivity index (χ0) is 15.7. The molecule has 1 atom stereocenters. The Morgan fingerprint density at radius 2 is 1.76 bits per heavy atom. The topological polar surface area (TPSA) is 44.5 Å². The minimum Gasteiger partial charge on any atom is -0.496 e. The molecule has 2 rings (SSSR count). The van der Waals surface area contributed by atoms with Crippen molar-refractivity contribution in [3.63, 3.8) is 0 Å². The number of halogens is 1. The van der Waals surface area contributed by atoms with Gasteiger partial charge in [-0.25, -0.2) is 4.39 Å². The molecule has 118 valence electrons. The number of benzene rings is 1. The molecule has 0 saturated heterocycles. The van der Waals surface area contributed by atoms with Crippen LogP contribution in [0.3, 0.4) is 0 Å². The minimum absolute atomic E-state index is 0.302. The van der Waals surface area contributed by atoms with Gasteiger partial charge in [0.15, 0.2) is 0 Å². The molecule has 1 saturated carbocycles. The summed E-state index contributed by atoms with van der Waals surface area (Å²) in [4.78, 5) is 0. The molecule has 21 heavy (non-hydrogen) atoms. The van der Waals surface area contributed by atoms with Crippen LogP contribution in [-0.4, -0.2) is 19.8 Å². The van der Waals surface area contributed by atoms with Crippen LogP contribution in [0.4, 0.5) is 4.39 Å². The van der Waals surface area contributed by atoms with E-state index >= 15 is 0 Å². The van der Waals surface area contributed by atoms with Crippen LogP contribution in [0.15, 0.2) is 18.2 Å². The summed E-state index contributed by atoms with van der Waals surface area (Å²) in [5.41, 5.74) is 7.02. The number of hydrogen-bond donors (Lipinski definition) is 1. The first-order valence-electron chi connectivity index (χ1n) is 7.48. The zero-order valence-electron chi connectivity index (χ0n) is 13.4. The van der Waals surface area contributed by atoms with E-state index in [9.17, 15) is 4.39 Å². The average molecular weight is 295 g/mol. The lowest BCUT2D eigenvalue weighted by Gasteiger charge is -2.46. The van der Waals surface area contributed by atoms with Crippen LogP contribution in [-0.2, 0) is 4.74 Å². The second-order valence-electron chi connectivity index (χ2n) is 6.80. The van der Waals surface area contributed by atoms with Gasteiger partial charge in [-0.15, -0.1) is 0 Å². The largest absolute Gasteiger partial charge is 0.496 e. The van der Waals surface area contributed by atoms with Crippen LogP contribution in [0.5, 0.6) is 5.75 Å². The molecular weight excluding hydrogens is 269 g/mol. The van der Waals surface area contributed by atoms with E-state index in [0.717, 1.165) is 25.7 Å². The van der Waals surface area contributed by atoms with E-state index in [1.807, 2.05) is 0 Å². The standard InChI is InChI=1S/C17H26FNO2/c1-16(2)7-9-17(21-4,10-8-16)15(19)13-11-12(18)5-6-14(13)20-3/h5-6,11,15H,7-10,19H2,1-4H3. The van der Waals surface area contributed by atoms with Gasteiger partial charge in [0.2, 0.25) is 0 Å². The quantitative estimate of drug-likeness (QED) is 0.918. The van der Waals surface area contributed by atoms with E-state index in [4.69, 9.17) is 15.2 Å². The van der Waals surface area contributed by atoms with E-state index in [1.54, 1.807) is 20.3 Å². The van der Waals surface area contributed by atoms with Crippen molar-refractivity contribution >= 4 is 0 Å². The Balaban J connectivity index is 2.33. The van der Waals surface area contributed by atoms with Gasteiger partial charge in [-0.3, -0.25) is 0 Å². The molecule has 0 bridgehead atoms. The summed E-state index contributed by atoms with van der Waals surface area (Å²) in [6.45, 7) is 4.53. The van der Waals surface area contributed by atoms with Crippen molar-refractivity contribution in [1.29, 1.82) is 0 Å². The summed E-state index contributed by atoms with van der Waals surface area (Å²) in [7, 11) is 3.27. The van der Waals surface area contributed by atoms with Crippen molar-refractivity contribution in [1.82, 2.24) is 0 Å². The predicted molar refractivity (Wildman–Crippen MR) is 81.9 cm³/mol. The van der Waals surface area contributed by atoms with E-state index < -0.39 is 11.6 Å². The first-order valence-corrected chi connectivity index (χ1v) is 7.48. The van der Waals surface area contributed by atoms with Gasteiger partial charge in [0.05, 0.1) is 18.8 Å². The molecular formula is C17H26FNO2. The molecule has 1 unspecified atom stereocenters. The third-order valence-electron chi connectivity index (χ3n) is 4.95. The van der Waals surface area contributed by atoms with Gasteiger partial charge in [0.25, 0.3) is 0 Å². The van der Waals surface area contributed by atoms with Crippen LogP contribution in [0.1, 0.15) is 51.1 Å². The lowest BCUT2D eigenvalue weighted by atomic mass is 9.67. The fourth-order valence-electron chi connectivity index (χ4n) is 3.22. The fourth-order valence-corrected chi connectivity index (χ4v) is 3.22. The predicted octanol–water partition coefficient (Wildman–Crippen LogP) is 3.82. The van der Waals surface area contributed by atoms with E-state index in [-0.39, 0.29) is 5.82 Å². The third-order valence-corrected chi connectivity index (χ3v) is 4.95. The summed E-state index contributed by atoms with van der Waals surface area (Å²) in [6.07, 6.45) is 3.84. The van der Waals surface area contributed by atoms with Gasteiger partial charge < -0.3 is 15.2 Å². The minimum atomic E-state index is -0.448. The zero-order valence-corrected chi connectivity index (χ0v) is 13.4. The van der Waals surface area contributed by atoms with Crippen molar-refractivity contribution in [2.75, 3.05) is 14.2 Å². The summed E-state index contributed by atoms with van der Waals surface area (Å²) in [5, 5.41) is 0. The van der Waals surface area contributed by atoms with Gasteiger partial charge >= 0.3 is 0 Å². The van der Waals surface area contributed by atoms with Crippen molar-refractivity contribution in [3.8, 4) is 5.75 Å². The molecule has 1 aliphatic carbocycles. The first-order chi connectivity index (χ1) is 9.83. The van der Waals surface area contributed by atoms with Crippen LogP contribution < -0.4 is 10.5 Å². The maximum atomic E-state index is 13.6. The van der Waals surface area contributed by atoms with Gasteiger partial charge in [-0.05, 0) is 49.3 Å². The number of hydrogen-bond acceptors (Lipinski definition) is 3.